The van der Waals surface area contributed by atoms with Gasteiger partial charge in [0, 0.05) is 26.1 Å². The third kappa shape index (κ3) is 8.03. The van der Waals surface area contributed by atoms with E-state index in [-0.39, 0.29) is 6.61 Å². The summed E-state index contributed by atoms with van der Waals surface area (Å²) in [5.41, 5.74) is 0. The monoisotopic (exact) mass is 198 g/mol. The van der Waals surface area contributed by atoms with E-state index in [0.29, 0.717) is 12.3 Å². The molecule has 3 heteroatoms. The van der Waals surface area contributed by atoms with Gasteiger partial charge in [-0.25, -0.2) is 0 Å². The lowest BCUT2D eigenvalue weighted by molar-refractivity contribution is 0.227. The van der Waals surface area contributed by atoms with Crippen molar-refractivity contribution in [2.45, 2.75) is 33.1 Å². The fourth-order valence-electron chi connectivity index (χ4n) is 1.47. The normalized spacial score (nSPS) is 10.9. The fourth-order valence-corrected chi connectivity index (χ4v) is 1.47. The Morgan fingerprint density at radius 2 is 2.00 bits per heavy atom. The van der Waals surface area contributed by atoms with Crippen LogP contribution in [-0.4, -0.2) is 36.2 Å². The smallest absolute Gasteiger partial charge is 0.0635 e. The number of nitrogens with zero attached hydrogens (tertiary/aromatic N) is 2. The van der Waals surface area contributed by atoms with Gasteiger partial charge < -0.3 is 10.0 Å². The maximum Gasteiger partial charge on any atom is 0.0635 e. The average Bonchev–Trinajstić information content (AvgIpc) is 2.13. The molecule has 0 aliphatic rings. The molecule has 0 aliphatic heterocycles. The first kappa shape index (κ1) is 13.4. The van der Waals surface area contributed by atoms with E-state index < -0.39 is 0 Å². The molecule has 0 fully saturated rings. The van der Waals surface area contributed by atoms with Crippen LogP contribution in [0.5, 0.6) is 0 Å². The van der Waals surface area contributed by atoms with Gasteiger partial charge in [-0.1, -0.05) is 13.8 Å². The van der Waals surface area contributed by atoms with Crippen LogP contribution >= 0.6 is 0 Å². The second kappa shape index (κ2) is 8.98. The molecule has 14 heavy (non-hydrogen) atoms. The molecule has 0 unspecified atom stereocenters. The second-order valence-electron chi connectivity index (χ2n) is 4.03. The topological polar surface area (TPSA) is 47.3 Å². The highest BCUT2D eigenvalue weighted by atomic mass is 16.2. The summed E-state index contributed by atoms with van der Waals surface area (Å²) in [5.74, 6) is 0.641. The standard InChI is InChI=1S/C11H22N2O/c1-11(2)10-13(8-5-6-12)7-3-4-9-14/h11,14H,3-5,7-10H2,1-2H3. The number of rotatable bonds is 8. The summed E-state index contributed by atoms with van der Waals surface area (Å²) in [6.45, 7) is 7.55. The van der Waals surface area contributed by atoms with Crippen LogP contribution in [0, 0.1) is 17.2 Å². The Labute approximate surface area is 87.3 Å². The number of nitriles is 1. The van der Waals surface area contributed by atoms with Gasteiger partial charge in [-0.3, -0.25) is 0 Å². The van der Waals surface area contributed by atoms with Crippen molar-refractivity contribution in [3.63, 3.8) is 0 Å². The van der Waals surface area contributed by atoms with Gasteiger partial charge in [0.1, 0.15) is 0 Å². The maximum absolute atomic E-state index is 8.67. The van der Waals surface area contributed by atoms with Crippen LogP contribution in [0.3, 0.4) is 0 Å². The summed E-state index contributed by atoms with van der Waals surface area (Å²) in [6.07, 6.45) is 2.49. The summed E-state index contributed by atoms with van der Waals surface area (Å²) < 4.78 is 0. The minimum absolute atomic E-state index is 0.272. The van der Waals surface area contributed by atoms with Gasteiger partial charge in [-0.15, -0.1) is 0 Å². The second-order valence-corrected chi connectivity index (χ2v) is 4.03. The molecule has 0 saturated carbocycles. The molecule has 82 valence electrons. The number of unbranched alkanes of at least 4 members (excludes halogenated alkanes) is 1. The molecule has 0 aromatic carbocycles. The molecule has 0 radical (unpaired) electrons. The van der Waals surface area contributed by atoms with Gasteiger partial charge in [0.15, 0.2) is 0 Å². The largest absolute Gasteiger partial charge is 0.396 e. The van der Waals surface area contributed by atoms with E-state index in [1.165, 1.54) is 0 Å². The van der Waals surface area contributed by atoms with Crippen LogP contribution in [0.15, 0.2) is 0 Å². The Bertz CT molecular complexity index is 163. The molecule has 0 rings (SSSR count). The molecule has 0 aliphatic carbocycles. The number of aliphatic hydroxyl groups is 1. The summed E-state index contributed by atoms with van der Waals surface area (Å²) >= 11 is 0. The number of aliphatic hydroxyl groups excluding tert-OH is 1. The minimum Gasteiger partial charge on any atom is -0.396 e. The molecule has 0 heterocycles. The molecule has 0 saturated heterocycles. The van der Waals surface area contributed by atoms with Gasteiger partial charge in [-0.2, -0.15) is 5.26 Å². The predicted molar refractivity (Wildman–Crippen MR) is 57.8 cm³/mol. The van der Waals surface area contributed by atoms with E-state index in [1.54, 1.807) is 0 Å². The Morgan fingerprint density at radius 1 is 1.29 bits per heavy atom. The predicted octanol–water partition coefficient (Wildman–Crippen LogP) is 1.63. The zero-order valence-electron chi connectivity index (χ0n) is 9.37. The van der Waals surface area contributed by atoms with Crippen molar-refractivity contribution < 1.29 is 5.11 Å². The molecule has 0 bridgehead atoms. The fraction of sp³-hybridized carbons (Fsp3) is 0.909. The van der Waals surface area contributed by atoms with Crippen LogP contribution in [0.2, 0.25) is 0 Å². The van der Waals surface area contributed by atoms with Crippen LogP contribution in [0.4, 0.5) is 0 Å². The quantitative estimate of drug-likeness (QED) is 0.603. The number of hydrogen-bond donors (Lipinski definition) is 1. The highest BCUT2D eigenvalue weighted by Gasteiger charge is 2.06. The lowest BCUT2D eigenvalue weighted by atomic mass is 10.2. The lowest BCUT2D eigenvalue weighted by Crippen LogP contribution is -2.29. The molecule has 0 aromatic rings. The zero-order valence-corrected chi connectivity index (χ0v) is 9.37. The van der Waals surface area contributed by atoms with Crippen molar-refractivity contribution in [1.82, 2.24) is 4.90 Å². The highest BCUT2D eigenvalue weighted by Crippen LogP contribution is 2.02. The minimum atomic E-state index is 0.272. The summed E-state index contributed by atoms with van der Waals surface area (Å²) in [6, 6.07) is 2.17. The molecule has 0 atom stereocenters. The van der Waals surface area contributed by atoms with E-state index in [1.807, 2.05) is 0 Å². The van der Waals surface area contributed by atoms with E-state index >= 15 is 0 Å². The van der Waals surface area contributed by atoms with Crippen molar-refractivity contribution in [2.24, 2.45) is 5.92 Å². The first-order valence-electron chi connectivity index (χ1n) is 5.41. The van der Waals surface area contributed by atoms with Crippen LogP contribution in [-0.2, 0) is 0 Å². The van der Waals surface area contributed by atoms with Crippen molar-refractivity contribution >= 4 is 0 Å². The van der Waals surface area contributed by atoms with Gasteiger partial charge >= 0.3 is 0 Å². The van der Waals surface area contributed by atoms with Gasteiger partial charge in [0.25, 0.3) is 0 Å². The molecular weight excluding hydrogens is 176 g/mol. The first-order valence-corrected chi connectivity index (χ1v) is 5.41. The average molecular weight is 198 g/mol. The highest BCUT2D eigenvalue weighted by molar-refractivity contribution is 4.72. The summed E-state index contributed by atoms with van der Waals surface area (Å²) in [4.78, 5) is 2.31. The number of hydrogen-bond acceptors (Lipinski definition) is 3. The maximum atomic E-state index is 8.67. The van der Waals surface area contributed by atoms with Gasteiger partial charge in [0.05, 0.1) is 6.07 Å². The molecule has 1 N–H and O–H groups in total. The van der Waals surface area contributed by atoms with Crippen molar-refractivity contribution in [1.29, 1.82) is 5.26 Å². The van der Waals surface area contributed by atoms with Gasteiger partial charge in [-0.05, 0) is 25.3 Å². The molecule has 0 amide bonds. The van der Waals surface area contributed by atoms with Crippen molar-refractivity contribution in [3.05, 3.63) is 0 Å². The first-order chi connectivity index (χ1) is 6.70. The Morgan fingerprint density at radius 3 is 2.50 bits per heavy atom. The van der Waals surface area contributed by atoms with E-state index in [0.717, 1.165) is 32.5 Å². The van der Waals surface area contributed by atoms with Crippen molar-refractivity contribution in [3.8, 4) is 6.07 Å². The van der Waals surface area contributed by atoms with Gasteiger partial charge in [0.2, 0.25) is 0 Å². The summed E-state index contributed by atoms with van der Waals surface area (Å²) in [5, 5.41) is 17.2. The SMILES string of the molecule is CC(C)CN(CCC#N)CCCCO. The third-order valence-corrected chi connectivity index (χ3v) is 2.05. The Hall–Kier alpha value is -0.590. The van der Waals surface area contributed by atoms with Crippen molar-refractivity contribution in [2.75, 3.05) is 26.2 Å². The van der Waals surface area contributed by atoms with Crippen LogP contribution in [0.25, 0.3) is 0 Å². The Balaban J connectivity index is 3.67. The Kier molecular flexibility index (Phi) is 8.61. The van der Waals surface area contributed by atoms with Crippen LogP contribution in [0.1, 0.15) is 33.1 Å². The summed E-state index contributed by atoms with van der Waals surface area (Å²) in [7, 11) is 0. The molecule has 3 nitrogen and oxygen atoms in total. The lowest BCUT2D eigenvalue weighted by Gasteiger charge is -2.22. The third-order valence-electron chi connectivity index (χ3n) is 2.05. The molecular formula is C11H22N2O. The van der Waals surface area contributed by atoms with E-state index in [2.05, 4.69) is 24.8 Å². The van der Waals surface area contributed by atoms with E-state index in [4.69, 9.17) is 10.4 Å². The molecule has 0 spiro atoms. The van der Waals surface area contributed by atoms with E-state index in [9.17, 15) is 0 Å². The zero-order chi connectivity index (χ0) is 10.8. The van der Waals surface area contributed by atoms with Crippen LogP contribution < -0.4 is 0 Å². The molecule has 0 aromatic heterocycles.